The number of aromatic nitrogens is 2. The van der Waals surface area contributed by atoms with Gasteiger partial charge in [-0.25, -0.2) is 4.98 Å². The first-order valence-corrected chi connectivity index (χ1v) is 8.65. The highest BCUT2D eigenvalue weighted by atomic mass is 16.5. The molecule has 0 aliphatic carbocycles. The van der Waals surface area contributed by atoms with E-state index in [1.165, 1.54) is 0 Å². The van der Waals surface area contributed by atoms with Crippen molar-refractivity contribution in [2.75, 3.05) is 12.3 Å². The Morgan fingerprint density at radius 2 is 2.08 bits per heavy atom. The van der Waals surface area contributed by atoms with Gasteiger partial charge in [0.15, 0.2) is 0 Å². The van der Waals surface area contributed by atoms with Crippen LogP contribution < -0.4 is 15.8 Å². The summed E-state index contributed by atoms with van der Waals surface area (Å²) in [5.41, 5.74) is 9.03. The normalized spacial score (nSPS) is 17.9. The highest BCUT2D eigenvalue weighted by Crippen LogP contribution is 2.30. The average molecular weight is 348 g/mol. The summed E-state index contributed by atoms with van der Waals surface area (Å²) in [4.78, 5) is 20.7. The molecule has 132 valence electrons. The van der Waals surface area contributed by atoms with Crippen LogP contribution in [0.4, 0.5) is 5.69 Å². The smallest absolute Gasteiger partial charge is 0.223 e. The third-order valence-electron chi connectivity index (χ3n) is 4.74. The maximum Gasteiger partial charge on any atom is 0.223 e. The minimum Gasteiger partial charge on any atom is -0.474 e. The number of nitrogens with one attached hydrogen (secondary N) is 1. The monoisotopic (exact) mass is 348 g/mol. The predicted octanol–water partition coefficient (Wildman–Crippen LogP) is 2.78. The summed E-state index contributed by atoms with van der Waals surface area (Å²) in [6, 6.07) is 13.3. The molecule has 3 N–H and O–H groups in total. The van der Waals surface area contributed by atoms with Gasteiger partial charge in [0.05, 0.1) is 16.6 Å². The van der Waals surface area contributed by atoms with E-state index in [1.54, 1.807) is 6.20 Å². The van der Waals surface area contributed by atoms with E-state index in [9.17, 15) is 4.79 Å². The molecule has 1 fully saturated rings. The topological polar surface area (TPSA) is 90.1 Å². The number of carbonyl (C=O) groups is 1. The van der Waals surface area contributed by atoms with Crippen LogP contribution in [-0.4, -0.2) is 28.5 Å². The molecule has 0 unspecified atom stereocenters. The Balaban J connectivity index is 1.72. The van der Waals surface area contributed by atoms with Gasteiger partial charge in [-0.2, -0.15) is 0 Å². The SMILES string of the molecule is C[C@@H](Oc1nc(-c2ccc(N)cc2)cc2ncccc12)[C@H]1CNC(=O)C1. The minimum atomic E-state index is -0.133. The highest BCUT2D eigenvalue weighted by Gasteiger charge is 2.28. The van der Waals surface area contributed by atoms with E-state index in [-0.39, 0.29) is 17.9 Å². The molecule has 3 aromatic rings. The lowest BCUT2D eigenvalue weighted by atomic mass is 10.0. The Kier molecular flexibility index (Phi) is 4.16. The fourth-order valence-electron chi connectivity index (χ4n) is 3.17. The first-order valence-electron chi connectivity index (χ1n) is 8.65. The first-order chi connectivity index (χ1) is 12.6. The van der Waals surface area contributed by atoms with Gasteiger partial charge in [-0.15, -0.1) is 0 Å². The maximum atomic E-state index is 11.5. The molecular formula is C20H20N4O2. The van der Waals surface area contributed by atoms with Crippen LogP contribution in [0.25, 0.3) is 22.2 Å². The molecule has 1 aliphatic heterocycles. The van der Waals surface area contributed by atoms with Crippen molar-refractivity contribution in [1.29, 1.82) is 0 Å². The summed E-state index contributed by atoms with van der Waals surface area (Å²) < 4.78 is 6.18. The van der Waals surface area contributed by atoms with Crippen LogP contribution in [0.3, 0.4) is 0 Å². The van der Waals surface area contributed by atoms with E-state index in [0.717, 1.165) is 22.2 Å². The summed E-state index contributed by atoms with van der Waals surface area (Å²) in [6.45, 7) is 2.61. The maximum absolute atomic E-state index is 11.5. The molecule has 0 saturated carbocycles. The lowest BCUT2D eigenvalue weighted by molar-refractivity contribution is -0.119. The molecule has 26 heavy (non-hydrogen) atoms. The van der Waals surface area contributed by atoms with Crippen LogP contribution in [0, 0.1) is 5.92 Å². The molecule has 1 amide bonds. The van der Waals surface area contributed by atoms with Gasteiger partial charge >= 0.3 is 0 Å². The molecule has 0 bridgehead atoms. The number of benzene rings is 1. The van der Waals surface area contributed by atoms with Gasteiger partial charge in [-0.3, -0.25) is 9.78 Å². The van der Waals surface area contributed by atoms with Gasteiger partial charge in [0, 0.05) is 36.3 Å². The number of fused-ring (bicyclic) bond motifs is 1. The second-order valence-corrected chi connectivity index (χ2v) is 6.60. The molecule has 1 saturated heterocycles. The van der Waals surface area contributed by atoms with Gasteiger partial charge < -0.3 is 15.8 Å². The second-order valence-electron chi connectivity index (χ2n) is 6.60. The highest BCUT2D eigenvalue weighted by molar-refractivity contribution is 5.87. The second kappa shape index (κ2) is 6.63. The largest absolute Gasteiger partial charge is 0.474 e. The van der Waals surface area contributed by atoms with Gasteiger partial charge in [0.25, 0.3) is 0 Å². The van der Waals surface area contributed by atoms with E-state index in [1.807, 2.05) is 49.4 Å². The summed E-state index contributed by atoms with van der Waals surface area (Å²) in [5, 5.41) is 3.71. The summed E-state index contributed by atoms with van der Waals surface area (Å²) in [6.07, 6.45) is 2.10. The number of ether oxygens (including phenoxy) is 1. The van der Waals surface area contributed by atoms with Crippen molar-refractivity contribution in [3.63, 3.8) is 0 Å². The van der Waals surface area contributed by atoms with Crippen LogP contribution in [0.2, 0.25) is 0 Å². The Morgan fingerprint density at radius 1 is 1.27 bits per heavy atom. The number of hydrogen-bond acceptors (Lipinski definition) is 5. The number of amides is 1. The average Bonchev–Trinajstić information content (AvgIpc) is 3.09. The van der Waals surface area contributed by atoms with Gasteiger partial charge in [-0.1, -0.05) is 12.1 Å². The zero-order valence-corrected chi connectivity index (χ0v) is 14.5. The number of nitrogen functional groups attached to an aromatic ring is 1. The summed E-state index contributed by atoms with van der Waals surface area (Å²) in [5.74, 6) is 0.742. The van der Waals surface area contributed by atoms with E-state index >= 15 is 0 Å². The van der Waals surface area contributed by atoms with Crippen LogP contribution in [0.1, 0.15) is 13.3 Å². The van der Waals surface area contributed by atoms with Gasteiger partial charge in [0.1, 0.15) is 6.10 Å². The molecule has 1 aliphatic rings. The molecule has 2 aromatic heterocycles. The molecule has 0 spiro atoms. The lowest BCUT2D eigenvalue weighted by Crippen LogP contribution is -2.26. The number of pyridine rings is 2. The van der Waals surface area contributed by atoms with Crippen LogP contribution >= 0.6 is 0 Å². The van der Waals surface area contributed by atoms with Crippen molar-refractivity contribution in [3.8, 4) is 17.1 Å². The third-order valence-corrected chi connectivity index (χ3v) is 4.74. The van der Waals surface area contributed by atoms with E-state index in [2.05, 4.69) is 10.3 Å². The number of nitrogens with two attached hydrogens (primary N) is 1. The Morgan fingerprint density at radius 3 is 2.81 bits per heavy atom. The predicted molar refractivity (Wildman–Crippen MR) is 101 cm³/mol. The van der Waals surface area contributed by atoms with Crippen molar-refractivity contribution >= 4 is 22.5 Å². The first kappa shape index (κ1) is 16.3. The van der Waals surface area contributed by atoms with E-state index in [4.69, 9.17) is 15.5 Å². The van der Waals surface area contributed by atoms with Crippen molar-refractivity contribution < 1.29 is 9.53 Å². The molecule has 4 rings (SSSR count). The molecule has 0 radical (unpaired) electrons. The Hall–Kier alpha value is -3.15. The molecular weight excluding hydrogens is 328 g/mol. The summed E-state index contributed by atoms with van der Waals surface area (Å²) >= 11 is 0. The fourth-order valence-corrected chi connectivity index (χ4v) is 3.17. The Bertz CT molecular complexity index is 956. The molecule has 3 heterocycles. The van der Waals surface area contributed by atoms with Crippen LogP contribution in [0.5, 0.6) is 5.88 Å². The zero-order chi connectivity index (χ0) is 18.1. The number of nitrogens with zero attached hydrogens (tertiary/aromatic N) is 2. The quantitative estimate of drug-likeness (QED) is 0.708. The third kappa shape index (κ3) is 3.18. The zero-order valence-electron chi connectivity index (χ0n) is 14.5. The number of hydrogen-bond donors (Lipinski definition) is 2. The summed E-state index contributed by atoms with van der Waals surface area (Å²) in [7, 11) is 0. The minimum absolute atomic E-state index is 0.0700. The standard InChI is InChI=1S/C20H20N4O2/c1-12(14-9-19(25)23-11-14)26-20-16-3-2-8-22-18(16)10-17(24-20)13-4-6-15(21)7-5-13/h2-8,10,12,14H,9,11,21H2,1H3,(H,23,25)/t12-,14-/m1/s1. The molecule has 1 aromatic carbocycles. The number of anilines is 1. The van der Waals surface area contributed by atoms with Gasteiger partial charge in [-0.05, 0) is 37.3 Å². The van der Waals surface area contributed by atoms with Crippen molar-refractivity contribution in [2.24, 2.45) is 5.92 Å². The van der Waals surface area contributed by atoms with E-state index < -0.39 is 0 Å². The lowest BCUT2D eigenvalue weighted by Gasteiger charge is -2.20. The molecule has 2 atom stereocenters. The van der Waals surface area contributed by atoms with Crippen molar-refractivity contribution in [3.05, 3.63) is 48.7 Å². The van der Waals surface area contributed by atoms with Gasteiger partial charge in [0.2, 0.25) is 11.8 Å². The molecule has 6 heteroatoms. The number of carbonyl (C=O) groups excluding carboxylic acids is 1. The van der Waals surface area contributed by atoms with Crippen LogP contribution in [0.15, 0.2) is 48.7 Å². The Labute approximate surface area is 151 Å². The number of rotatable bonds is 4. The fraction of sp³-hybridized carbons (Fsp3) is 0.250. The molecule has 6 nitrogen and oxygen atoms in total. The van der Waals surface area contributed by atoms with Crippen molar-refractivity contribution in [2.45, 2.75) is 19.4 Å². The van der Waals surface area contributed by atoms with Crippen LogP contribution in [-0.2, 0) is 4.79 Å². The van der Waals surface area contributed by atoms with E-state index in [0.29, 0.717) is 24.5 Å². The van der Waals surface area contributed by atoms with Crippen molar-refractivity contribution in [1.82, 2.24) is 15.3 Å².